The van der Waals surface area contributed by atoms with Crippen molar-refractivity contribution in [3.63, 3.8) is 0 Å². The van der Waals surface area contributed by atoms with Gasteiger partial charge in [-0.05, 0) is 17.7 Å². The van der Waals surface area contributed by atoms with Gasteiger partial charge in [-0.25, -0.2) is 9.18 Å². The minimum Gasteiger partial charge on any atom is -0.384 e. The fraction of sp³-hybridized carbons (Fsp3) is 0.214. The second kappa shape index (κ2) is 5.55. The highest BCUT2D eigenvalue weighted by atomic mass is 19.1. The van der Waals surface area contributed by atoms with Crippen molar-refractivity contribution in [2.75, 3.05) is 6.61 Å². The van der Waals surface area contributed by atoms with Gasteiger partial charge in [-0.3, -0.25) is 4.57 Å². The zero-order chi connectivity index (χ0) is 13.8. The molecule has 0 aliphatic carbocycles. The van der Waals surface area contributed by atoms with E-state index in [1.807, 2.05) is 0 Å². The number of aromatic nitrogens is 2. The molecule has 4 nitrogen and oxygen atoms in total. The summed E-state index contributed by atoms with van der Waals surface area (Å²) < 4.78 is 16.2. The Kier molecular flexibility index (Phi) is 3.83. The Bertz CT molecular complexity index is 704. The maximum Gasteiger partial charge on any atom is 0.328 e. The van der Waals surface area contributed by atoms with Crippen LogP contribution in [-0.4, -0.2) is 20.8 Å². The fourth-order valence-electron chi connectivity index (χ4n) is 1.75. The van der Waals surface area contributed by atoms with Gasteiger partial charge in [-0.2, -0.15) is 0 Å². The molecule has 2 aromatic rings. The normalized spacial score (nSPS) is 10.1. The van der Waals surface area contributed by atoms with Gasteiger partial charge in [0.15, 0.2) is 0 Å². The van der Waals surface area contributed by atoms with E-state index in [0.717, 1.165) is 5.56 Å². The summed E-state index contributed by atoms with van der Waals surface area (Å²) in [4.78, 5) is 11.7. The molecule has 1 aromatic heterocycles. The summed E-state index contributed by atoms with van der Waals surface area (Å²) in [6.45, 7) is 0.0244. The lowest BCUT2D eigenvalue weighted by Gasteiger charge is -2.05. The van der Waals surface area contributed by atoms with Crippen LogP contribution >= 0.6 is 0 Å². The Labute approximate surface area is 109 Å². The van der Waals surface area contributed by atoms with E-state index in [1.54, 1.807) is 25.5 Å². The molecule has 19 heavy (non-hydrogen) atoms. The number of aliphatic hydroxyl groups is 1. The van der Waals surface area contributed by atoms with Crippen LogP contribution in [0.5, 0.6) is 0 Å². The summed E-state index contributed by atoms with van der Waals surface area (Å²) in [5.41, 5.74) is 1.06. The van der Waals surface area contributed by atoms with E-state index in [1.165, 1.54) is 21.3 Å². The fourth-order valence-corrected chi connectivity index (χ4v) is 1.75. The summed E-state index contributed by atoms with van der Waals surface area (Å²) >= 11 is 0. The summed E-state index contributed by atoms with van der Waals surface area (Å²) in [6, 6.07) is 4.22. The molecular weight excluding hydrogens is 247 g/mol. The van der Waals surface area contributed by atoms with Crippen molar-refractivity contribution in [2.45, 2.75) is 6.54 Å². The molecule has 98 valence electrons. The Hall–Kier alpha value is -2.32. The van der Waals surface area contributed by atoms with Gasteiger partial charge in [0.1, 0.15) is 12.4 Å². The number of halogens is 1. The first-order chi connectivity index (χ1) is 9.11. The quantitative estimate of drug-likeness (QED) is 0.809. The van der Waals surface area contributed by atoms with E-state index in [0.29, 0.717) is 12.1 Å². The van der Waals surface area contributed by atoms with Crippen LogP contribution in [0.1, 0.15) is 11.1 Å². The predicted molar refractivity (Wildman–Crippen MR) is 69.1 cm³/mol. The average Bonchev–Trinajstić information content (AvgIpc) is 2.71. The number of hydrogen-bond acceptors (Lipinski definition) is 2. The Balaban J connectivity index is 2.39. The van der Waals surface area contributed by atoms with Crippen molar-refractivity contribution >= 4 is 0 Å². The van der Waals surface area contributed by atoms with Crippen LogP contribution in [0, 0.1) is 17.7 Å². The first kappa shape index (κ1) is 13.1. The summed E-state index contributed by atoms with van der Waals surface area (Å²) in [6.07, 6.45) is 3.32. The smallest absolute Gasteiger partial charge is 0.328 e. The molecule has 0 aliphatic rings. The number of aryl methyl sites for hydroxylation is 1. The average molecular weight is 260 g/mol. The molecule has 2 rings (SSSR count). The maximum atomic E-state index is 13.2. The van der Waals surface area contributed by atoms with Crippen molar-refractivity contribution in [1.29, 1.82) is 0 Å². The Morgan fingerprint density at radius 3 is 2.79 bits per heavy atom. The Morgan fingerprint density at radius 1 is 1.37 bits per heavy atom. The molecule has 1 aromatic carbocycles. The third-order valence-corrected chi connectivity index (χ3v) is 2.73. The molecule has 0 radical (unpaired) electrons. The van der Waals surface area contributed by atoms with Crippen molar-refractivity contribution in [3.05, 3.63) is 58.0 Å². The molecule has 0 saturated heterocycles. The third-order valence-electron chi connectivity index (χ3n) is 2.73. The molecule has 0 spiro atoms. The van der Waals surface area contributed by atoms with Gasteiger partial charge in [0, 0.05) is 25.0 Å². The second-order valence-corrected chi connectivity index (χ2v) is 4.08. The van der Waals surface area contributed by atoms with Gasteiger partial charge in [-0.15, -0.1) is 0 Å². The van der Waals surface area contributed by atoms with Crippen molar-refractivity contribution < 1.29 is 9.50 Å². The van der Waals surface area contributed by atoms with Gasteiger partial charge in [0.25, 0.3) is 0 Å². The molecule has 0 saturated carbocycles. The van der Waals surface area contributed by atoms with Crippen LogP contribution in [0.15, 0.2) is 35.4 Å². The van der Waals surface area contributed by atoms with Gasteiger partial charge in [-0.1, -0.05) is 17.9 Å². The molecule has 0 bridgehead atoms. The molecular formula is C14H13FN2O2. The molecule has 5 heteroatoms. The Morgan fingerprint density at radius 2 is 2.16 bits per heavy atom. The maximum absolute atomic E-state index is 13.2. The number of aliphatic hydroxyl groups excluding tert-OH is 1. The first-order valence-electron chi connectivity index (χ1n) is 5.71. The van der Waals surface area contributed by atoms with Crippen molar-refractivity contribution in [2.24, 2.45) is 7.05 Å². The van der Waals surface area contributed by atoms with Gasteiger partial charge in [0.2, 0.25) is 0 Å². The van der Waals surface area contributed by atoms with Crippen LogP contribution in [-0.2, 0) is 13.6 Å². The number of hydrogen-bond donors (Lipinski definition) is 1. The van der Waals surface area contributed by atoms with Crippen molar-refractivity contribution in [3.8, 4) is 11.8 Å². The largest absolute Gasteiger partial charge is 0.384 e. The van der Waals surface area contributed by atoms with E-state index >= 15 is 0 Å². The van der Waals surface area contributed by atoms with E-state index in [-0.39, 0.29) is 12.3 Å². The highest BCUT2D eigenvalue weighted by Crippen LogP contribution is 2.11. The lowest BCUT2D eigenvalue weighted by atomic mass is 10.1. The molecule has 1 heterocycles. The minimum atomic E-state index is -0.397. The summed E-state index contributed by atoms with van der Waals surface area (Å²) in [5, 5.41) is 8.70. The summed E-state index contributed by atoms with van der Waals surface area (Å²) in [5.74, 6) is 4.78. The number of nitrogens with zero attached hydrogens (tertiary/aromatic N) is 2. The molecule has 0 atom stereocenters. The van der Waals surface area contributed by atoms with E-state index in [4.69, 9.17) is 5.11 Å². The second-order valence-electron chi connectivity index (χ2n) is 4.08. The zero-order valence-corrected chi connectivity index (χ0v) is 10.4. The minimum absolute atomic E-state index is 0.148. The molecule has 0 amide bonds. The van der Waals surface area contributed by atoms with Crippen LogP contribution < -0.4 is 5.69 Å². The lowest BCUT2D eigenvalue weighted by molar-refractivity contribution is 0.350. The number of benzene rings is 1. The van der Waals surface area contributed by atoms with Crippen LogP contribution in [0.25, 0.3) is 0 Å². The van der Waals surface area contributed by atoms with E-state index in [9.17, 15) is 9.18 Å². The molecule has 0 fully saturated rings. The number of rotatable bonds is 2. The number of imidazole rings is 1. The van der Waals surface area contributed by atoms with Gasteiger partial charge < -0.3 is 9.67 Å². The summed E-state index contributed by atoms with van der Waals surface area (Å²) in [7, 11) is 1.66. The predicted octanol–water partition coefficient (Wildman–Crippen LogP) is 0.718. The monoisotopic (exact) mass is 260 g/mol. The van der Waals surface area contributed by atoms with Crippen LogP contribution in [0.3, 0.4) is 0 Å². The van der Waals surface area contributed by atoms with Crippen molar-refractivity contribution in [1.82, 2.24) is 9.13 Å². The van der Waals surface area contributed by atoms with Gasteiger partial charge in [0.05, 0.1) is 6.54 Å². The molecule has 0 aliphatic heterocycles. The topological polar surface area (TPSA) is 47.2 Å². The molecule has 1 N–H and O–H groups in total. The highest BCUT2D eigenvalue weighted by molar-refractivity contribution is 5.42. The zero-order valence-electron chi connectivity index (χ0n) is 10.4. The lowest BCUT2D eigenvalue weighted by Crippen LogP contribution is -2.22. The standard InChI is InChI=1S/C14H13FN2O2/c1-16-6-7-17(14(16)19)10-12-4-5-13(15)9-11(12)3-2-8-18/h4-7,9,18H,8,10H2,1H3. The van der Waals surface area contributed by atoms with E-state index in [2.05, 4.69) is 11.8 Å². The van der Waals surface area contributed by atoms with Gasteiger partial charge >= 0.3 is 5.69 Å². The first-order valence-corrected chi connectivity index (χ1v) is 5.71. The SMILES string of the molecule is Cn1ccn(Cc2ccc(F)cc2C#CCO)c1=O. The van der Waals surface area contributed by atoms with E-state index < -0.39 is 5.82 Å². The third kappa shape index (κ3) is 2.92. The highest BCUT2D eigenvalue weighted by Gasteiger charge is 2.06. The molecule has 0 unspecified atom stereocenters. The van der Waals surface area contributed by atoms with Crippen LogP contribution in [0.2, 0.25) is 0 Å². The van der Waals surface area contributed by atoms with Crippen LogP contribution in [0.4, 0.5) is 4.39 Å².